The van der Waals surface area contributed by atoms with E-state index in [0.29, 0.717) is 30.9 Å². The molecule has 0 saturated heterocycles. The molecule has 1 fully saturated rings. The van der Waals surface area contributed by atoms with Crippen molar-refractivity contribution in [2.45, 2.75) is 26.3 Å². The molecule has 1 heterocycles. The van der Waals surface area contributed by atoms with Crippen molar-refractivity contribution in [3.8, 4) is 6.07 Å². The number of oxazole rings is 1. The number of amides is 1. The second-order valence-electron chi connectivity index (χ2n) is 4.91. The number of aryl methyl sites for hydroxylation is 1. The van der Waals surface area contributed by atoms with Crippen LogP contribution >= 0.6 is 0 Å². The Labute approximate surface area is 110 Å². The molecule has 1 saturated carbocycles. The van der Waals surface area contributed by atoms with Gasteiger partial charge in [-0.2, -0.15) is 5.26 Å². The Kier molecular flexibility index (Phi) is 2.53. The lowest BCUT2D eigenvalue weighted by Crippen LogP contribution is -2.30. The fraction of sp³-hybridized carbons (Fsp3) is 0.357. The van der Waals surface area contributed by atoms with Crippen LogP contribution in [0.5, 0.6) is 0 Å². The van der Waals surface area contributed by atoms with Crippen molar-refractivity contribution in [3.05, 3.63) is 29.7 Å². The van der Waals surface area contributed by atoms with Crippen LogP contribution in [-0.4, -0.2) is 10.9 Å². The fourth-order valence-corrected chi connectivity index (χ4v) is 2.06. The third-order valence-corrected chi connectivity index (χ3v) is 3.41. The van der Waals surface area contributed by atoms with Gasteiger partial charge in [0.15, 0.2) is 11.5 Å². The van der Waals surface area contributed by atoms with Crippen LogP contribution in [0.25, 0.3) is 11.1 Å². The SMILES string of the molecule is Cc1nc2ccc(CNC(=O)C3(C#N)CC3)cc2o1. The van der Waals surface area contributed by atoms with E-state index in [2.05, 4.69) is 16.4 Å². The number of fused-ring (bicyclic) bond motifs is 1. The molecular formula is C14H13N3O2. The first kappa shape index (κ1) is 11.7. The molecule has 3 rings (SSSR count). The zero-order valence-electron chi connectivity index (χ0n) is 10.6. The minimum Gasteiger partial charge on any atom is -0.441 e. The topological polar surface area (TPSA) is 78.9 Å². The lowest BCUT2D eigenvalue weighted by atomic mass is 10.1. The van der Waals surface area contributed by atoms with Crippen LogP contribution in [0, 0.1) is 23.7 Å². The number of nitrogens with one attached hydrogen (secondary N) is 1. The Morgan fingerprint density at radius 1 is 1.58 bits per heavy atom. The summed E-state index contributed by atoms with van der Waals surface area (Å²) in [6.45, 7) is 2.20. The lowest BCUT2D eigenvalue weighted by Gasteiger charge is -2.07. The highest BCUT2D eigenvalue weighted by Gasteiger charge is 2.50. The second kappa shape index (κ2) is 4.09. The predicted molar refractivity (Wildman–Crippen MR) is 67.9 cm³/mol. The number of nitrogens with zero attached hydrogens (tertiary/aromatic N) is 2. The van der Waals surface area contributed by atoms with E-state index >= 15 is 0 Å². The van der Waals surface area contributed by atoms with E-state index in [1.807, 2.05) is 18.2 Å². The molecule has 1 aromatic heterocycles. The van der Waals surface area contributed by atoms with Crippen molar-refractivity contribution in [1.82, 2.24) is 10.3 Å². The minimum atomic E-state index is -0.771. The number of hydrogen-bond acceptors (Lipinski definition) is 4. The van der Waals surface area contributed by atoms with Crippen molar-refractivity contribution >= 4 is 17.0 Å². The molecule has 5 nitrogen and oxygen atoms in total. The number of carbonyl (C=O) groups is 1. The van der Waals surface area contributed by atoms with Gasteiger partial charge in [-0.1, -0.05) is 6.07 Å². The third kappa shape index (κ3) is 2.06. The lowest BCUT2D eigenvalue weighted by molar-refractivity contribution is -0.124. The van der Waals surface area contributed by atoms with Gasteiger partial charge in [0.2, 0.25) is 5.91 Å². The smallest absolute Gasteiger partial charge is 0.240 e. The van der Waals surface area contributed by atoms with E-state index < -0.39 is 5.41 Å². The highest BCUT2D eigenvalue weighted by molar-refractivity contribution is 5.88. The Bertz CT molecular complexity index is 692. The summed E-state index contributed by atoms with van der Waals surface area (Å²) in [6, 6.07) is 7.71. The number of carbonyl (C=O) groups excluding carboxylic acids is 1. The van der Waals surface area contributed by atoms with Crippen molar-refractivity contribution < 1.29 is 9.21 Å². The van der Waals surface area contributed by atoms with Crippen LogP contribution < -0.4 is 5.32 Å². The van der Waals surface area contributed by atoms with Crippen LogP contribution in [0.2, 0.25) is 0 Å². The van der Waals surface area contributed by atoms with Gasteiger partial charge in [-0.3, -0.25) is 4.79 Å². The van der Waals surface area contributed by atoms with Crippen LogP contribution in [0.3, 0.4) is 0 Å². The molecule has 1 aliphatic rings. The third-order valence-electron chi connectivity index (χ3n) is 3.41. The molecule has 0 radical (unpaired) electrons. The van der Waals surface area contributed by atoms with E-state index in [4.69, 9.17) is 9.68 Å². The molecule has 0 spiro atoms. The van der Waals surface area contributed by atoms with Crippen molar-refractivity contribution in [2.75, 3.05) is 0 Å². The van der Waals surface area contributed by atoms with Gasteiger partial charge in [0.1, 0.15) is 10.9 Å². The fourth-order valence-electron chi connectivity index (χ4n) is 2.06. The van der Waals surface area contributed by atoms with Crippen molar-refractivity contribution in [2.24, 2.45) is 5.41 Å². The van der Waals surface area contributed by atoms with Gasteiger partial charge in [0.05, 0.1) is 6.07 Å². The van der Waals surface area contributed by atoms with Crippen LogP contribution in [0.15, 0.2) is 22.6 Å². The van der Waals surface area contributed by atoms with Crippen molar-refractivity contribution in [3.63, 3.8) is 0 Å². The number of nitriles is 1. The van der Waals surface area contributed by atoms with E-state index in [1.54, 1.807) is 6.92 Å². The van der Waals surface area contributed by atoms with Crippen LogP contribution in [0.1, 0.15) is 24.3 Å². The van der Waals surface area contributed by atoms with E-state index in [0.717, 1.165) is 11.1 Å². The zero-order chi connectivity index (χ0) is 13.5. The molecule has 19 heavy (non-hydrogen) atoms. The Balaban J connectivity index is 1.72. The summed E-state index contributed by atoms with van der Waals surface area (Å²) in [6.07, 6.45) is 1.32. The average Bonchev–Trinajstić information content (AvgIpc) is 3.12. The molecule has 1 aliphatic carbocycles. The zero-order valence-corrected chi connectivity index (χ0v) is 10.6. The standard InChI is InChI=1S/C14H13N3O2/c1-9-17-11-3-2-10(6-12(11)19-9)7-16-13(18)14(8-15)4-5-14/h2-3,6H,4-5,7H2,1H3,(H,16,18). The molecule has 1 N–H and O–H groups in total. The minimum absolute atomic E-state index is 0.177. The highest BCUT2D eigenvalue weighted by atomic mass is 16.3. The van der Waals surface area contributed by atoms with Crippen molar-refractivity contribution in [1.29, 1.82) is 5.26 Å². The maximum atomic E-state index is 11.8. The predicted octanol–water partition coefficient (Wildman–Crippen LogP) is 2.06. The first-order chi connectivity index (χ1) is 9.13. The summed E-state index contributed by atoms with van der Waals surface area (Å²) in [7, 11) is 0. The number of benzene rings is 1. The average molecular weight is 255 g/mol. The summed E-state index contributed by atoms with van der Waals surface area (Å²) >= 11 is 0. The molecule has 0 aliphatic heterocycles. The number of hydrogen-bond donors (Lipinski definition) is 1. The molecule has 0 unspecified atom stereocenters. The van der Waals surface area contributed by atoms with E-state index in [1.165, 1.54) is 0 Å². The highest BCUT2D eigenvalue weighted by Crippen LogP contribution is 2.45. The summed E-state index contributed by atoms with van der Waals surface area (Å²) in [5.74, 6) is 0.446. The van der Waals surface area contributed by atoms with Crippen LogP contribution in [-0.2, 0) is 11.3 Å². The van der Waals surface area contributed by atoms with Gasteiger partial charge >= 0.3 is 0 Å². The van der Waals surface area contributed by atoms with E-state index in [-0.39, 0.29) is 5.91 Å². The largest absolute Gasteiger partial charge is 0.441 e. The molecule has 2 aromatic rings. The Morgan fingerprint density at radius 2 is 2.37 bits per heavy atom. The maximum absolute atomic E-state index is 11.8. The molecular weight excluding hydrogens is 242 g/mol. The normalized spacial score (nSPS) is 16.0. The molecule has 1 amide bonds. The summed E-state index contributed by atoms with van der Waals surface area (Å²) in [5, 5.41) is 11.7. The monoisotopic (exact) mass is 255 g/mol. The quantitative estimate of drug-likeness (QED) is 0.910. The van der Waals surface area contributed by atoms with Crippen LogP contribution in [0.4, 0.5) is 0 Å². The first-order valence-electron chi connectivity index (χ1n) is 6.19. The second-order valence-corrected chi connectivity index (χ2v) is 4.91. The van der Waals surface area contributed by atoms with Gasteiger partial charge in [0, 0.05) is 13.5 Å². The first-order valence-corrected chi connectivity index (χ1v) is 6.19. The molecule has 96 valence electrons. The van der Waals surface area contributed by atoms with Gasteiger partial charge in [-0.05, 0) is 30.5 Å². The van der Waals surface area contributed by atoms with Gasteiger partial charge < -0.3 is 9.73 Å². The van der Waals surface area contributed by atoms with Gasteiger partial charge in [-0.15, -0.1) is 0 Å². The van der Waals surface area contributed by atoms with Gasteiger partial charge in [-0.25, -0.2) is 4.98 Å². The molecule has 1 aromatic carbocycles. The summed E-state index contributed by atoms with van der Waals surface area (Å²) in [4.78, 5) is 16.0. The Morgan fingerprint density at radius 3 is 3.05 bits per heavy atom. The summed E-state index contributed by atoms with van der Waals surface area (Å²) in [5.41, 5.74) is 1.69. The maximum Gasteiger partial charge on any atom is 0.240 e. The Hall–Kier alpha value is -2.35. The number of aromatic nitrogens is 1. The van der Waals surface area contributed by atoms with E-state index in [9.17, 15) is 4.79 Å². The molecule has 5 heteroatoms. The molecule has 0 bridgehead atoms. The molecule has 0 atom stereocenters. The van der Waals surface area contributed by atoms with Gasteiger partial charge in [0.25, 0.3) is 0 Å². The number of rotatable bonds is 3. The summed E-state index contributed by atoms with van der Waals surface area (Å²) < 4.78 is 5.44.